The van der Waals surface area contributed by atoms with E-state index in [0.717, 1.165) is 35.3 Å². The maximum absolute atomic E-state index is 6.61. The molecule has 198 valence electrons. The lowest BCUT2D eigenvalue weighted by atomic mass is 9.46. The third-order valence-corrected chi connectivity index (χ3v) is 11.7. The second kappa shape index (κ2) is 9.99. The molecule has 3 fully saturated rings. The van der Waals surface area contributed by atoms with Crippen LogP contribution in [0.3, 0.4) is 0 Å². The van der Waals surface area contributed by atoms with Crippen LogP contribution in [-0.4, -0.2) is 6.10 Å². The Labute approximate surface area is 222 Å². The Hall–Kier alpha value is -1.50. The van der Waals surface area contributed by atoms with Crippen molar-refractivity contribution in [3.8, 4) is 5.75 Å². The lowest BCUT2D eigenvalue weighted by Gasteiger charge is -2.59. The Morgan fingerprint density at radius 3 is 2.50 bits per heavy atom. The molecule has 9 atom stereocenters. The van der Waals surface area contributed by atoms with Gasteiger partial charge in [0.2, 0.25) is 0 Å². The normalized spacial score (nSPS) is 40.1. The van der Waals surface area contributed by atoms with Crippen molar-refractivity contribution in [1.29, 1.82) is 0 Å². The number of benzene rings is 1. The van der Waals surface area contributed by atoms with Crippen molar-refractivity contribution in [2.75, 3.05) is 0 Å². The van der Waals surface area contributed by atoms with Gasteiger partial charge in [-0.05, 0) is 143 Å². The first-order valence-corrected chi connectivity index (χ1v) is 15.2. The Morgan fingerprint density at radius 1 is 1.00 bits per heavy atom. The molecule has 1 heteroatoms. The average Bonchev–Trinajstić information content (AvgIpc) is 3.18. The zero-order chi connectivity index (χ0) is 25.7. The first-order chi connectivity index (χ1) is 17.1. The summed E-state index contributed by atoms with van der Waals surface area (Å²) < 4.78 is 6.61. The summed E-state index contributed by atoms with van der Waals surface area (Å²) in [6.07, 6.45) is 20.4. The summed E-state index contributed by atoms with van der Waals surface area (Å²) in [4.78, 5) is 0. The smallest absolute Gasteiger partial charge is 0.122 e. The fourth-order valence-corrected chi connectivity index (χ4v) is 9.61. The van der Waals surface area contributed by atoms with E-state index in [0.29, 0.717) is 22.9 Å². The lowest BCUT2D eigenvalue weighted by molar-refractivity contribution is -0.0782. The Bertz CT molecular complexity index is 998. The van der Waals surface area contributed by atoms with Gasteiger partial charge in [-0.1, -0.05) is 62.3 Å². The highest BCUT2D eigenvalue weighted by Crippen LogP contribution is 2.67. The van der Waals surface area contributed by atoms with Crippen molar-refractivity contribution < 1.29 is 4.74 Å². The van der Waals surface area contributed by atoms with Gasteiger partial charge >= 0.3 is 0 Å². The van der Waals surface area contributed by atoms with Crippen LogP contribution in [0.1, 0.15) is 104 Å². The van der Waals surface area contributed by atoms with Crippen LogP contribution in [0, 0.1) is 60.2 Å². The molecule has 0 N–H and O–H groups in total. The monoisotopic (exact) mass is 488 g/mol. The van der Waals surface area contributed by atoms with Crippen LogP contribution in [0.15, 0.2) is 42.0 Å². The summed E-state index contributed by atoms with van der Waals surface area (Å²) in [7, 11) is 0. The standard InChI is InChI=1S/C35H52O/c1-23(2)9-8-10-25(4)30-14-15-31-29-13-12-27-22-28(36-33-16-11-24(3)21-26(33)5)17-19-34(27,6)32(29)18-20-35(30,31)7/h9,11-13,16,21,25,27-32H,8,10,14-15,17-20,22H2,1-7H3. The molecule has 0 aromatic heterocycles. The second-order valence-corrected chi connectivity index (χ2v) is 14.1. The van der Waals surface area contributed by atoms with E-state index in [-0.39, 0.29) is 0 Å². The number of ether oxygens (including phenoxy) is 1. The van der Waals surface area contributed by atoms with Crippen LogP contribution >= 0.6 is 0 Å². The first kappa shape index (κ1) is 26.1. The van der Waals surface area contributed by atoms with E-state index in [1.807, 2.05) is 0 Å². The summed E-state index contributed by atoms with van der Waals surface area (Å²) in [6, 6.07) is 6.63. The summed E-state index contributed by atoms with van der Waals surface area (Å²) in [5.74, 6) is 6.09. The molecule has 1 aromatic rings. The van der Waals surface area contributed by atoms with Crippen LogP contribution < -0.4 is 4.74 Å². The molecule has 9 unspecified atom stereocenters. The molecule has 0 heterocycles. The molecule has 1 aromatic carbocycles. The molecule has 36 heavy (non-hydrogen) atoms. The molecule has 0 radical (unpaired) electrons. The van der Waals surface area contributed by atoms with Crippen molar-refractivity contribution in [3.05, 3.63) is 53.1 Å². The fraction of sp³-hybridized carbons (Fsp3) is 0.714. The van der Waals surface area contributed by atoms with E-state index >= 15 is 0 Å². The maximum atomic E-state index is 6.61. The van der Waals surface area contributed by atoms with Crippen molar-refractivity contribution in [2.45, 2.75) is 112 Å². The van der Waals surface area contributed by atoms with Crippen molar-refractivity contribution in [2.24, 2.45) is 46.3 Å². The average molecular weight is 489 g/mol. The minimum Gasteiger partial charge on any atom is -0.490 e. The number of hydrogen-bond acceptors (Lipinski definition) is 1. The first-order valence-electron chi connectivity index (χ1n) is 15.2. The SMILES string of the molecule is CC(C)=CCCC(C)C1CCC2C3C=CC4CC(Oc5ccc(C)cc5C)CCC4(C)C3CCC12C. The van der Waals surface area contributed by atoms with Gasteiger partial charge in [0.25, 0.3) is 0 Å². The van der Waals surface area contributed by atoms with Gasteiger partial charge in [0, 0.05) is 0 Å². The Balaban J connectivity index is 1.28. The van der Waals surface area contributed by atoms with Gasteiger partial charge in [0.05, 0.1) is 6.10 Å². The van der Waals surface area contributed by atoms with Gasteiger partial charge in [0.15, 0.2) is 0 Å². The summed E-state index contributed by atoms with van der Waals surface area (Å²) in [5.41, 5.74) is 5.07. The van der Waals surface area contributed by atoms with Crippen LogP contribution in [0.2, 0.25) is 0 Å². The van der Waals surface area contributed by atoms with E-state index in [4.69, 9.17) is 4.74 Å². The zero-order valence-electron chi connectivity index (χ0n) is 24.3. The largest absolute Gasteiger partial charge is 0.490 e. The summed E-state index contributed by atoms with van der Waals surface area (Å²) in [5, 5.41) is 0. The quantitative estimate of drug-likeness (QED) is 0.362. The minimum atomic E-state index is 0.358. The molecule has 0 amide bonds. The van der Waals surface area contributed by atoms with Crippen LogP contribution in [0.25, 0.3) is 0 Å². The molecule has 5 rings (SSSR count). The van der Waals surface area contributed by atoms with Gasteiger partial charge in [0.1, 0.15) is 5.75 Å². The van der Waals surface area contributed by atoms with Crippen molar-refractivity contribution >= 4 is 0 Å². The van der Waals surface area contributed by atoms with Crippen LogP contribution in [0.4, 0.5) is 0 Å². The summed E-state index contributed by atoms with van der Waals surface area (Å²) in [6.45, 7) is 16.8. The Kier molecular flexibility index (Phi) is 7.25. The number of fused-ring (bicyclic) bond motifs is 5. The molecule has 1 nitrogen and oxygen atoms in total. The highest BCUT2D eigenvalue weighted by molar-refractivity contribution is 5.36. The minimum absolute atomic E-state index is 0.358. The van der Waals surface area contributed by atoms with Gasteiger partial charge < -0.3 is 4.74 Å². The van der Waals surface area contributed by atoms with E-state index in [9.17, 15) is 0 Å². The van der Waals surface area contributed by atoms with E-state index in [1.54, 1.807) is 0 Å². The molecule has 4 aliphatic carbocycles. The van der Waals surface area contributed by atoms with E-state index in [2.05, 4.69) is 84.9 Å². The third kappa shape index (κ3) is 4.63. The van der Waals surface area contributed by atoms with E-state index in [1.165, 1.54) is 74.5 Å². The molecule has 0 bridgehead atoms. The lowest BCUT2D eigenvalue weighted by Crippen LogP contribution is -2.52. The molecular weight excluding hydrogens is 436 g/mol. The highest BCUT2D eigenvalue weighted by atomic mass is 16.5. The third-order valence-electron chi connectivity index (χ3n) is 11.7. The molecule has 3 saturated carbocycles. The van der Waals surface area contributed by atoms with Gasteiger partial charge in [-0.25, -0.2) is 0 Å². The number of allylic oxidation sites excluding steroid dienone is 4. The predicted octanol–water partition coefficient (Wildman–Crippen LogP) is 9.87. The number of hydrogen-bond donors (Lipinski definition) is 0. The van der Waals surface area contributed by atoms with Gasteiger partial charge in [-0.3, -0.25) is 0 Å². The second-order valence-electron chi connectivity index (χ2n) is 14.1. The number of rotatable bonds is 6. The van der Waals surface area contributed by atoms with Crippen LogP contribution in [-0.2, 0) is 0 Å². The van der Waals surface area contributed by atoms with Gasteiger partial charge in [-0.15, -0.1) is 0 Å². The van der Waals surface area contributed by atoms with Crippen LogP contribution in [0.5, 0.6) is 5.75 Å². The fourth-order valence-electron chi connectivity index (χ4n) is 9.61. The summed E-state index contributed by atoms with van der Waals surface area (Å²) >= 11 is 0. The maximum Gasteiger partial charge on any atom is 0.122 e. The molecular formula is C35H52O. The molecule has 0 spiro atoms. The topological polar surface area (TPSA) is 9.23 Å². The molecule has 4 aliphatic rings. The van der Waals surface area contributed by atoms with Crippen molar-refractivity contribution in [1.82, 2.24) is 0 Å². The van der Waals surface area contributed by atoms with Gasteiger partial charge in [-0.2, -0.15) is 0 Å². The predicted molar refractivity (Wildman–Crippen MR) is 153 cm³/mol. The van der Waals surface area contributed by atoms with Crippen molar-refractivity contribution in [3.63, 3.8) is 0 Å². The highest BCUT2D eigenvalue weighted by Gasteiger charge is 2.59. The molecule has 0 aliphatic heterocycles. The Morgan fingerprint density at radius 2 is 1.75 bits per heavy atom. The zero-order valence-corrected chi connectivity index (χ0v) is 24.3. The number of aryl methyl sites for hydroxylation is 2. The van der Waals surface area contributed by atoms with E-state index < -0.39 is 0 Å². The molecule has 0 saturated heterocycles.